The van der Waals surface area contributed by atoms with Crippen molar-refractivity contribution in [2.45, 2.75) is 13.8 Å². The fraction of sp³-hybridized carbons (Fsp3) is 0.267. The number of halogens is 1. The lowest BCUT2D eigenvalue weighted by Gasteiger charge is -2.08. The first kappa shape index (κ1) is 12.9. The van der Waals surface area contributed by atoms with Gasteiger partial charge in [0.1, 0.15) is 5.82 Å². The normalized spacial score (nSPS) is 10.7. The van der Waals surface area contributed by atoms with Crippen molar-refractivity contribution in [1.29, 1.82) is 0 Å². The minimum atomic E-state index is 0.611. The van der Waals surface area contributed by atoms with Gasteiger partial charge in [-0.15, -0.1) is 0 Å². The third-order valence-electron chi connectivity index (χ3n) is 2.61. The van der Waals surface area contributed by atoms with Crippen molar-refractivity contribution in [2.24, 2.45) is 5.92 Å². The van der Waals surface area contributed by atoms with Crippen LogP contribution in [0.2, 0.25) is 5.02 Å². The maximum absolute atomic E-state index is 5.98. The Kier molecular flexibility index (Phi) is 4.21. The summed E-state index contributed by atoms with van der Waals surface area (Å²) in [4.78, 5) is 4.40. The zero-order valence-corrected chi connectivity index (χ0v) is 11.4. The van der Waals surface area contributed by atoms with Gasteiger partial charge in [0.15, 0.2) is 0 Å². The summed E-state index contributed by atoms with van der Waals surface area (Å²) < 4.78 is 0. The molecule has 94 valence electrons. The van der Waals surface area contributed by atoms with Gasteiger partial charge in [-0.3, -0.25) is 0 Å². The molecule has 0 bridgehead atoms. The van der Waals surface area contributed by atoms with Crippen molar-refractivity contribution < 1.29 is 0 Å². The van der Waals surface area contributed by atoms with Gasteiger partial charge in [0.05, 0.1) is 0 Å². The molecule has 0 amide bonds. The fourth-order valence-electron chi connectivity index (χ4n) is 1.65. The molecule has 2 rings (SSSR count). The van der Waals surface area contributed by atoms with Crippen LogP contribution in [-0.4, -0.2) is 11.5 Å². The minimum absolute atomic E-state index is 0.611. The third-order valence-corrected chi connectivity index (χ3v) is 2.85. The first-order valence-electron chi connectivity index (χ1n) is 6.11. The highest BCUT2D eigenvalue weighted by Gasteiger charge is 2.00. The molecule has 0 aliphatic carbocycles. The molecule has 0 spiro atoms. The lowest BCUT2D eigenvalue weighted by molar-refractivity contribution is 0.687. The van der Waals surface area contributed by atoms with Gasteiger partial charge >= 0.3 is 0 Å². The highest BCUT2D eigenvalue weighted by atomic mass is 35.5. The number of nitrogens with zero attached hydrogens (tertiary/aromatic N) is 1. The van der Waals surface area contributed by atoms with Crippen LogP contribution in [0.15, 0.2) is 42.6 Å². The predicted molar refractivity (Wildman–Crippen MR) is 78.0 cm³/mol. The van der Waals surface area contributed by atoms with E-state index in [1.165, 1.54) is 0 Å². The second-order valence-electron chi connectivity index (χ2n) is 4.72. The van der Waals surface area contributed by atoms with Gasteiger partial charge in [-0.25, -0.2) is 4.98 Å². The lowest BCUT2D eigenvalue weighted by Crippen LogP contribution is -2.08. The number of benzene rings is 1. The molecule has 0 fully saturated rings. The van der Waals surface area contributed by atoms with Crippen molar-refractivity contribution in [3.05, 3.63) is 47.6 Å². The van der Waals surface area contributed by atoms with Crippen LogP contribution in [0.3, 0.4) is 0 Å². The lowest BCUT2D eigenvalue weighted by atomic mass is 10.1. The number of rotatable bonds is 4. The molecule has 0 saturated heterocycles. The summed E-state index contributed by atoms with van der Waals surface area (Å²) in [5.74, 6) is 1.52. The Morgan fingerprint density at radius 3 is 2.61 bits per heavy atom. The fourth-order valence-corrected chi connectivity index (χ4v) is 1.84. The van der Waals surface area contributed by atoms with Crippen molar-refractivity contribution in [1.82, 2.24) is 4.98 Å². The van der Waals surface area contributed by atoms with E-state index in [2.05, 4.69) is 30.2 Å². The molecule has 0 saturated carbocycles. The average Bonchev–Trinajstić information content (AvgIpc) is 2.37. The van der Waals surface area contributed by atoms with E-state index in [4.69, 9.17) is 11.6 Å². The Balaban J connectivity index is 2.12. The largest absolute Gasteiger partial charge is 0.370 e. The molecule has 0 unspecified atom stereocenters. The second kappa shape index (κ2) is 5.87. The smallest absolute Gasteiger partial charge is 0.125 e. The number of pyridine rings is 1. The van der Waals surface area contributed by atoms with Crippen LogP contribution in [0.25, 0.3) is 11.1 Å². The third kappa shape index (κ3) is 3.47. The van der Waals surface area contributed by atoms with E-state index in [0.29, 0.717) is 5.92 Å². The molecule has 0 radical (unpaired) electrons. The molecular weight excluding hydrogens is 244 g/mol. The SMILES string of the molecule is CC(C)CNc1ccc(-c2cccc(Cl)c2)cn1. The van der Waals surface area contributed by atoms with Gasteiger partial charge in [-0.05, 0) is 35.7 Å². The van der Waals surface area contributed by atoms with Crippen LogP contribution in [0.5, 0.6) is 0 Å². The Labute approximate surface area is 113 Å². The number of nitrogens with one attached hydrogen (secondary N) is 1. The quantitative estimate of drug-likeness (QED) is 0.877. The van der Waals surface area contributed by atoms with Crippen LogP contribution in [0, 0.1) is 5.92 Å². The van der Waals surface area contributed by atoms with Gasteiger partial charge in [-0.1, -0.05) is 37.6 Å². The minimum Gasteiger partial charge on any atom is -0.370 e. The van der Waals surface area contributed by atoms with E-state index in [-0.39, 0.29) is 0 Å². The molecule has 2 nitrogen and oxygen atoms in total. The predicted octanol–water partition coefficient (Wildman–Crippen LogP) is 4.47. The van der Waals surface area contributed by atoms with Crippen LogP contribution >= 0.6 is 11.6 Å². The molecule has 0 aliphatic heterocycles. The van der Waals surface area contributed by atoms with Crippen LogP contribution in [0.1, 0.15) is 13.8 Å². The molecule has 1 aromatic heterocycles. The van der Waals surface area contributed by atoms with Gasteiger partial charge in [0.2, 0.25) is 0 Å². The van der Waals surface area contributed by atoms with Crippen molar-refractivity contribution in [3.63, 3.8) is 0 Å². The van der Waals surface area contributed by atoms with E-state index in [9.17, 15) is 0 Å². The monoisotopic (exact) mass is 260 g/mol. The first-order valence-corrected chi connectivity index (χ1v) is 6.49. The first-order chi connectivity index (χ1) is 8.65. The highest BCUT2D eigenvalue weighted by Crippen LogP contribution is 2.22. The van der Waals surface area contributed by atoms with E-state index in [1.54, 1.807) is 0 Å². The summed E-state index contributed by atoms with van der Waals surface area (Å²) >= 11 is 5.98. The van der Waals surface area contributed by atoms with Gasteiger partial charge in [0, 0.05) is 23.3 Å². The maximum Gasteiger partial charge on any atom is 0.125 e. The second-order valence-corrected chi connectivity index (χ2v) is 5.15. The summed E-state index contributed by atoms with van der Waals surface area (Å²) in [5.41, 5.74) is 2.16. The zero-order valence-electron chi connectivity index (χ0n) is 10.7. The Bertz CT molecular complexity index is 506. The summed E-state index contributed by atoms with van der Waals surface area (Å²) in [7, 11) is 0. The van der Waals surface area contributed by atoms with E-state index >= 15 is 0 Å². The molecule has 1 aromatic carbocycles. The van der Waals surface area contributed by atoms with Gasteiger partial charge in [-0.2, -0.15) is 0 Å². The average molecular weight is 261 g/mol. The molecule has 3 heteroatoms. The Morgan fingerprint density at radius 1 is 1.17 bits per heavy atom. The van der Waals surface area contributed by atoms with E-state index < -0.39 is 0 Å². The van der Waals surface area contributed by atoms with Crippen LogP contribution in [0.4, 0.5) is 5.82 Å². The van der Waals surface area contributed by atoms with Crippen LogP contribution < -0.4 is 5.32 Å². The molecule has 1 heterocycles. The van der Waals surface area contributed by atoms with Crippen molar-refractivity contribution in [2.75, 3.05) is 11.9 Å². The summed E-state index contributed by atoms with van der Waals surface area (Å²) in [6.07, 6.45) is 1.87. The number of hydrogen-bond donors (Lipinski definition) is 1. The number of anilines is 1. The van der Waals surface area contributed by atoms with Gasteiger partial charge in [0.25, 0.3) is 0 Å². The number of aromatic nitrogens is 1. The molecule has 2 aromatic rings. The van der Waals surface area contributed by atoms with Crippen molar-refractivity contribution in [3.8, 4) is 11.1 Å². The summed E-state index contributed by atoms with van der Waals surface area (Å²) in [5, 5.41) is 4.04. The van der Waals surface area contributed by atoms with Crippen molar-refractivity contribution >= 4 is 17.4 Å². The van der Waals surface area contributed by atoms with Gasteiger partial charge < -0.3 is 5.32 Å². The molecule has 18 heavy (non-hydrogen) atoms. The summed E-state index contributed by atoms with van der Waals surface area (Å²) in [6, 6.07) is 11.9. The van der Waals surface area contributed by atoms with Crippen LogP contribution in [-0.2, 0) is 0 Å². The standard InChI is InChI=1S/C15H17ClN2/c1-11(2)9-17-15-7-6-13(10-18-15)12-4-3-5-14(16)8-12/h3-8,10-11H,9H2,1-2H3,(H,17,18). The number of hydrogen-bond acceptors (Lipinski definition) is 2. The Hall–Kier alpha value is -1.54. The molecular formula is C15H17ClN2. The van der Waals surface area contributed by atoms with E-state index in [1.807, 2.05) is 36.5 Å². The zero-order chi connectivity index (χ0) is 13.0. The van der Waals surface area contributed by atoms with E-state index in [0.717, 1.165) is 28.5 Å². The maximum atomic E-state index is 5.98. The summed E-state index contributed by atoms with van der Waals surface area (Å²) in [6.45, 7) is 5.28. The topological polar surface area (TPSA) is 24.9 Å². The molecule has 0 atom stereocenters. The highest BCUT2D eigenvalue weighted by molar-refractivity contribution is 6.30. The Morgan fingerprint density at radius 2 is 2.00 bits per heavy atom. The molecule has 0 aliphatic rings. The molecule has 1 N–H and O–H groups in total.